The lowest BCUT2D eigenvalue weighted by Gasteiger charge is -2.06. The number of hydrogen-bond acceptors (Lipinski definition) is 18. The van der Waals surface area contributed by atoms with Crippen LogP contribution >= 0.6 is 0 Å². The van der Waals surface area contributed by atoms with Crippen molar-refractivity contribution >= 4 is 37.3 Å². The summed E-state index contributed by atoms with van der Waals surface area (Å²) in [6.45, 7) is -0.162. The molecule has 48 heavy (non-hydrogen) atoms. The number of fused-ring (bicyclic) bond motifs is 2. The number of benzene rings is 3. The molecule has 0 amide bonds. The zero-order valence-corrected chi connectivity index (χ0v) is 25.0. The van der Waals surface area contributed by atoms with Gasteiger partial charge in [-0.2, -0.15) is 0 Å². The fourth-order valence-corrected chi connectivity index (χ4v) is 3.56. The van der Waals surface area contributed by atoms with Gasteiger partial charge >= 0.3 is 0 Å². The number of phenolic OH excluding ortho intramolecular Hbond substituents is 6. The van der Waals surface area contributed by atoms with Crippen molar-refractivity contribution in [3.63, 3.8) is 0 Å². The fraction of sp³-hybridized carbons (Fsp3) is 0.200. The summed E-state index contributed by atoms with van der Waals surface area (Å²) in [5.41, 5.74) is 0.947. The lowest BCUT2D eigenvalue weighted by molar-refractivity contribution is 0.0552. The molecule has 6 bridgehead atoms. The Kier molecular flexibility index (Phi) is 12.6. The molecule has 0 radical (unpaired) electrons. The molecule has 6 N–H and O–H groups in total. The van der Waals surface area contributed by atoms with Gasteiger partial charge < -0.3 is 59.7 Å². The number of hydrogen-bond donors (Lipinski definition) is 6. The van der Waals surface area contributed by atoms with Crippen molar-refractivity contribution in [2.24, 2.45) is 30.9 Å². The molecule has 4 aliphatic heterocycles. The van der Waals surface area contributed by atoms with Crippen LogP contribution in [0.5, 0.6) is 34.5 Å². The Morgan fingerprint density at radius 3 is 0.583 bits per heavy atom. The molecule has 18 nitrogen and oxygen atoms in total. The predicted molar refractivity (Wildman–Crippen MR) is 171 cm³/mol. The first-order chi connectivity index (χ1) is 23.4. The van der Waals surface area contributed by atoms with Gasteiger partial charge in [0.05, 0.1) is 37.3 Å². The molecule has 0 fully saturated rings. The summed E-state index contributed by atoms with van der Waals surface area (Å²) in [7, 11) is 0. The van der Waals surface area contributed by atoms with Crippen LogP contribution in [0.4, 0.5) is 0 Å². The molecule has 3 aromatic rings. The molecule has 3 aromatic carbocycles. The number of aromatic hydroxyl groups is 6. The fourth-order valence-electron chi connectivity index (χ4n) is 3.56. The third-order valence-corrected chi connectivity index (χ3v) is 6.04. The molecule has 4 heterocycles. The van der Waals surface area contributed by atoms with E-state index in [1.54, 1.807) is 0 Å². The number of rotatable bonds is 0. The zero-order chi connectivity index (χ0) is 34.1. The van der Waals surface area contributed by atoms with Crippen molar-refractivity contribution in [3.8, 4) is 34.5 Å². The van der Waals surface area contributed by atoms with Crippen LogP contribution in [-0.2, 0) is 29.0 Å². The van der Waals surface area contributed by atoms with Gasteiger partial charge in [-0.15, -0.1) is 0 Å². The molecule has 0 saturated carbocycles. The van der Waals surface area contributed by atoms with E-state index in [2.05, 4.69) is 30.9 Å². The molecule has 0 aromatic heterocycles. The van der Waals surface area contributed by atoms with E-state index >= 15 is 0 Å². The third-order valence-electron chi connectivity index (χ3n) is 6.04. The van der Waals surface area contributed by atoms with Gasteiger partial charge in [0.25, 0.3) is 0 Å². The van der Waals surface area contributed by atoms with E-state index in [0.29, 0.717) is 0 Å². The first-order valence-electron chi connectivity index (χ1n) is 13.9. The summed E-state index contributed by atoms with van der Waals surface area (Å²) in [6.07, 6.45) is 7.06. The molecule has 18 heteroatoms. The Morgan fingerprint density at radius 2 is 0.438 bits per heavy atom. The average Bonchev–Trinajstić information content (AvgIpc) is 3.08. The first kappa shape index (κ1) is 34.2. The van der Waals surface area contributed by atoms with Crippen LogP contribution in [0.1, 0.15) is 33.4 Å². The Hall–Kier alpha value is -6.72. The van der Waals surface area contributed by atoms with E-state index in [9.17, 15) is 30.6 Å². The molecule has 4 aliphatic rings. The Bertz CT molecular complexity index is 1400. The van der Waals surface area contributed by atoms with Crippen LogP contribution in [0.2, 0.25) is 0 Å². The van der Waals surface area contributed by atoms with Crippen molar-refractivity contribution < 1.29 is 59.7 Å². The first-order valence-corrected chi connectivity index (χ1v) is 13.9. The summed E-state index contributed by atoms with van der Waals surface area (Å²) >= 11 is 0. The van der Waals surface area contributed by atoms with Crippen LogP contribution in [0.25, 0.3) is 0 Å². The molecule has 0 aliphatic carbocycles. The zero-order valence-electron chi connectivity index (χ0n) is 25.0. The third kappa shape index (κ3) is 9.64. The van der Waals surface area contributed by atoms with Gasteiger partial charge in [-0.05, 0) is 36.4 Å². The summed E-state index contributed by atoms with van der Waals surface area (Å²) in [6, 6.07) is 8.77. The van der Waals surface area contributed by atoms with E-state index in [0.717, 1.165) is 0 Å². The van der Waals surface area contributed by atoms with Crippen molar-refractivity contribution in [2.45, 2.75) is 0 Å². The van der Waals surface area contributed by atoms with Crippen molar-refractivity contribution in [3.05, 3.63) is 69.8 Å². The normalized spacial score (nSPS) is 16.8. The lowest BCUT2D eigenvalue weighted by Crippen LogP contribution is -1.99. The molecular formula is C30H30N6O12. The molecule has 0 unspecified atom stereocenters. The maximum atomic E-state index is 10.3. The Labute approximate surface area is 271 Å². The van der Waals surface area contributed by atoms with Gasteiger partial charge in [0, 0.05) is 33.4 Å². The van der Waals surface area contributed by atoms with E-state index in [1.807, 2.05) is 0 Å². The molecule has 252 valence electrons. The van der Waals surface area contributed by atoms with E-state index in [-0.39, 0.29) is 73.0 Å². The van der Waals surface area contributed by atoms with Gasteiger partial charge in [-0.3, -0.25) is 0 Å². The predicted octanol–water partition coefficient (Wildman–Crippen LogP) is 2.44. The van der Waals surface area contributed by atoms with Crippen LogP contribution in [0.15, 0.2) is 67.3 Å². The molecule has 0 spiro atoms. The van der Waals surface area contributed by atoms with Crippen molar-refractivity contribution in [1.82, 2.24) is 0 Å². The van der Waals surface area contributed by atoms with Gasteiger partial charge in [0.1, 0.15) is 0 Å². The highest BCUT2D eigenvalue weighted by Gasteiger charge is 2.12. The summed E-state index contributed by atoms with van der Waals surface area (Å²) < 4.78 is 0. The van der Waals surface area contributed by atoms with Crippen LogP contribution in [0, 0.1) is 0 Å². The second kappa shape index (κ2) is 17.7. The van der Waals surface area contributed by atoms with Gasteiger partial charge in [0.15, 0.2) is 74.1 Å². The monoisotopic (exact) mass is 666 g/mol. The summed E-state index contributed by atoms with van der Waals surface area (Å²) in [4.78, 5) is 30.3. The molecule has 0 atom stereocenters. The Morgan fingerprint density at radius 1 is 0.292 bits per heavy atom. The SMILES string of the molecule is Oc1c2ccc(c1O)/C=N\OCCON=Cc1ccc(c(O)c1O)/C=N\OCCON=Cc1ccc(c(O)c1O)/C=N\OCCON=C2. The minimum atomic E-state index is -0.469. The van der Waals surface area contributed by atoms with E-state index in [1.165, 1.54) is 73.7 Å². The quantitative estimate of drug-likeness (QED) is 0.189. The van der Waals surface area contributed by atoms with Crippen molar-refractivity contribution in [2.75, 3.05) is 39.6 Å². The van der Waals surface area contributed by atoms with E-state index in [4.69, 9.17) is 29.0 Å². The standard InChI is InChI=1S/C30H30N6O12/c37-25-19-1-2-20(26(25)38)14-32-44-9-10-46-34-16-22-5-6-24(30(42)28(22)40)18-36-48-12-11-47-35-17-23-4-3-21(27(39)29(23)41)15-33-45-8-7-43-31-13-19/h1-6,13-18,37-42H,7-12H2/b31-13-,32-14?,33-15?,34-16-,35-17-,36-18?. The van der Waals surface area contributed by atoms with Crippen LogP contribution in [0.3, 0.4) is 0 Å². The topological polar surface area (TPSA) is 251 Å². The average molecular weight is 667 g/mol. The highest BCUT2D eigenvalue weighted by molar-refractivity contribution is 5.92. The summed E-state index contributed by atoms with van der Waals surface area (Å²) in [5, 5.41) is 83.9. The highest BCUT2D eigenvalue weighted by Crippen LogP contribution is 2.32. The molecule has 0 saturated heterocycles. The highest BCUT2D eigenvalue weighted by atomic mass is 16.7. The minimum Gasteiger partial charge on any atom is -0.504 e. The van der Waals surface area contributed by atoms with Crippen molar-refractivity contribution in [1.29, 1.82) is 0 Å². The van der Waals surface area contributed by atoms with Crippen LogP contribution in [-0.4, -0.2) is 108 Å². The molecule has 7 rings (SSSR count). The molecular weight excluding hydrogens is 636 g/mol. The smallest absolute Gasteiger partial charge is 0.167 e. The number of oxime groups is 6. The van der Waals surface area contributed by atoms with Gasteiger partial charge in [-0.1, -0.05) is 30.9 Å². The van der Waals surface area contributed by atoms with Crippen LogP contribution < -0.4 is 0 Å². The second-order valence-electron chi connectivity index (χ2n) is 9.23. The summed E-state index contributed by atoms with van der Waals surface area (Å²) in [5.74, 6) is -2.81. The minimum absolute atomic E-state index is 0.0270. The Balaban J connectivity index is 1.42. The number of nitrogens with zero attached hydrogens (tertiary/aromatic N) is 6. The van der Waals surface area contributed by atoms with Gasteiger partial charge in [-0.25, -0.2) is 0 Å². The maximum absolute atomic E-state index is 10.3. The maximum Gasteiger partial charge on any atom is 0.167 e. The number of phenols is 6. The lowest BCUT2D eigenvalue weighted by atomic mass is 10.1. The largest absolute Gasteiger partial charge is 0.504 e. The van der Waals surface area contributed by atoms with E-state index < -0.39 is 34.5 Å². The second-order valence-corrected chi connectivity index (χ2v) is 9.23. The van der Waals surface area contributed by atoms with Gasteiger partial charge in [0.2, 0.25) is 0 Å².